The summed E-state index contributed by atoms with van der Waals surface area (Å²) in [6.07, 6.45) is 6.82. The molecule has 0 saturated heterocycles. The molecule has 0 radical (unpaired) electrons. The van der Waals surface area contributed by atoms with Crippen molar-refractivity contribution in [1.29, 1.82) is 0 Å². The molecule has 28 heavy (non-hydrogen) atoms. The zero-order valence-electron chi connectivity index (χ0n) is 15.9. The van der Waals surface area contributed by atoms with E-state index in [-0.39, 0.29) is 6.04 Å². The van der Waals surface area contributed by atoms with Gasteiger partial charge in [-0.25, -0.2) is 0 Å². The normalized spacial score (nSPS) is 33.2. The maximum Gasteiger partial charge on any atom is 0.252 e. The van der Waals surface area contributed by atoms with E-state index >= 15 is 0 Å². The summed E-state index contributed by atoms with van der Waals surface area (Å²) in [6.45, 7) is 1.74. The van der Waals surface area contributed by atoms with Crippen LogP contribution in [0.25, 0.3) is 0 Å². The third-order valence-corrected chi connectivity index (χ3v) is 6.69. The topological polar surface area (TPSA) is 127 Å². The average Bonchev–Trinajstić information content (AvgIpc) is 3.01. The largest absolute Gasteiger partial charge is 0.425 e. The molecule has 6 rings (SSSR count). The second-order valence-electron chi connectivity index (χ2n) is 8.84. The van der Waals surface area contributed by atoms with Crippen molar-refractivity contribution in [3.63, 3.8) is 0 Å². The molecule has 4 aliphatic rings. The number of aromatic nitrogens is 3. The lowest BCUT2D eigenvalue weighted by Crippen LogP contribution is -2.59. The third-order valence-electron chi connectivity index (χ3n) is 6.69. The molecule has 148 valence electrons. The molecule has 5 atom stereocenters. The van der Waals surface area contributed by atoms with E-state index in [1.807, 2.05) is 6.07 Å². The first-order valence-corrected chi connectivity index (χ1v) is 9.95. The van der Waals surface area contributed by atoms with E-state index in [4.69, 9.17) is 10.2 Å². The van der Waals surface area contributed by atoms with Gasteiger partial charge < -0.3 is 20.6 Å². The Labute approximate surface area is 162 Å². The number of hydrogen-bond acceptors (Lipinski definition) is 7. The van der Waals surface area contributed by atoms with Crippen LogP contribution < -0.4 is 11.1 Å². The van der Waals surface area contributed by atoms with Gasteiger partial charge in [0.1, 0.15) is 0 Å². The molecule has 3 unspecified atom stereocenters. The van der Waals surface area contributed by atoms with Crippen molar-refractivity contribution in [2.75, 3.05) is 5.32 Å². The minimum Gasteiger partial charge on any atom is -0.425 e. The lowest BCUT2D eigenvalue weighted by molar-refractivity contribution is -0.129. The van der Waals surface area contributed by atoms with Gasteiger partial charge in [-0.15, -0.1) is 10.2 Å². The number of hydrogen-bond donors (Lipinski definition) is 3. The highest BCUT2D eigenvalue weighted by atomic mass is 16.4. The van der Waals surface area contributed by atoms with Crippen LogP contribution in [-0.4, -0.2) is 37.8 Å². The zero-order valence-corrected chi connectivity index (χ0v) is 15.9. The van der Waals surface area contributed by atoms with Gasteiger partial charge in [0.2, 0.25) is 11.8 Å². The minimum atomic E-state index is -0.502. The molecule has 4 fully saturated rings. The highest BCUT2D eigenvalue weighted by Crippen LogP contribution is 2.56. The summed E-state index contributed by atoms with van der Waals surface area (Å²) >= 11 is 0. The van der Waals surface area contributed by atoms with Crippen LogP contribution in [-0.2, 0) is 6.42 Å². The number of nitrogens with one attached hydrogen (secondary N) is 1. The van der Waals surface area contributed by atoms with Gasteiger partial charge in [0.15, 0.2) is 0 Å². The Hall–Kier alpha value is -2.48. The van der Waals surface area contributed by atoms with E-state index in [2.05, 4.69) is 20.5 Å². The van der Waals surface area contributed by atoms with Crippen molar-refractivity contribution in [2.45, 2.75) is 57.1 Å². The second kappa shape index (κ2) is 6.27. The van der Waals surface area contributed by atoms with Crippen molar-refractivity contribution >= 4 is 11.6 Å². The van der Waals surface area contributed by atoms with E-state index in [9.17, 15) is 9.90 Å². The number of amides is 1. The smallest absolute Gasteiger partial charge is 0.252 e. The number of nitrogens with zero attached hydrogens (tertiary/aromatic N) is 3. The van der Waals surface area contributed by atoms with E-state index in [1.54, 1.807) is 6.92 Å². The van der Waals surface area contributed by atoms with E-state index in [1.165, 1.54) is 6.20 Å². The van der Waals surface area contributed by atoms with Crippen LogP contribution in [0.3, 0.4) is 0 Å². The molecule has 4 N–H and O–H groups in total. The predicted octanol–water partition coefficient (Wildman–Crippen LogP) is 1.81. The van der Waals surface area contributed by atoms with E-state index in [0.717, 1.165) is 37.8 Å². The Kier molecular flexibility index (Phi) is 3.94. The standard InChI is InChI=1S/C20H25N5O3/c1-10-24-25-17(28-10)5-14-4-16(15(9-22-14)19(21)26)23-18-12-2-11-3-13(18)8-20(27,6-11)7-12/h4,9,11-13,18,27H,2-3,5-8H2,1H3,(H2,21,26)(H,22,23)/t11?,12-,13+,18?,20?. The van der Waals surface area contributed by atoms with Gasteiger partial charge in [0, 0.05) is 19.2 Å². The molecule has 2 heterocycles. The molecule has 4 saturated carbocycles. The summed E-state index contributed by atoms with van der Waals surface area (Å²) in [5, 5.41) is 22.3. The molecule has 2 aromatic rings. The Morgan fingerprint density at radius 3 is 2.68 bits per heavy atom. The van der Waals surface area contributed by atoms with Gasteiger partial charge in [-0.3, -0.25) is 9.78 Å². The monoisotopic (exact) mass is 383 g/mol. The second-order valence-corrected chi connectivity index (χ2v) is 8.84. The highest BCUT2D eigenvalue weighted by molar-refractivity contribution is 5.98. The van der Waals surface area contributed by atoms with Crippen LogP contribution in [0.1, 0.15) is 59.9 Å². The van der Waals surface area contributed by atoms with E-state index in [0.29, 0.717) is 47.2 Å². The Bertz CT molecular complexity index is 910. The van der Waals surface area contributed by atoms with Crippen LogP contribution in [0.15, 0.2) is 16.7 Å². The first-order chi connectivity index (χ1) is 13.4. The summed E-state index contributed by atoms with van der Waals surface area (Å²) in [6, 6.07) is 2.11. The average molecular weight is 383 g/mol. The summed E-state index contributed by atoms with van der Waals surface area (Å²) in [4.78, 5) is 16.3. The minimum absolute atomic E-state index is 0.246. The molecule has 2 aromatic heterocycles. The number of carbonyl (C=O) groups excluding carboxylic acids is 1. The Morgan fingerprint density at radius 1 is 1.32 bits per heavy atom. The number of anilines is 1. The van der Waals surface area contributed by atoms with Crippen molar-refractivity contribution in [3.8, 4) is 0 Å². The van der Waals surface area contributed by atoms with Crippen molar-refractivity contribution in [2.24, 2.45) is 23.5 Å². The van der Waals surface area contributed by atoms with Gasteiger partial charge in [-0.1, -0.05) is 0 Å². The molecule has 1 amide bonds. The van der Waals surface area contributed by atoms with Crippen LogP contribution in [0, 0.1) is 24.7 Å². The van der Waals surface area contributed by atoms with Crippen LogP contribution in [0.2, 0.25) is 0 Å². The van der Waals surface area contributed by atoms with Crippen LogP contribution in [0.5, 0.6) is 0 Å². The highest BCUT2D eigenvalue weighted by Gasteiger charge is 2.54. The molecule has 0 spiro atoms. The molecule has 8 heteroatoms. The molecule has 4 bridgehead atoms. The third kappa shape index (κ3) is 3.05. The number of nitrogens with two attached hydrogens (primary N) is 1. The first kappa shape index (κ1) is 17.6. The fraction of sp³-hybridized carbons (Fsp3) is 0.600. The predicted molar refractivity (Wildman–Crippen MR) is 101 cm³/mol. The van der Waals surface area contributed by atoms with Gasteiger partial charge >= 0.3 is 0 Å². The lowest BCUT2D eigenvalue weighted by atomic mass is 9.52. The molecular weight excluding hydrogens is 358 g/mol. The maximum absolute atomic E-state index is 12.0. The van der Waals surface area contributed by atoms with Crippen LogP contribution in [0.4, 0.5) is 5.69 Å². The summed E-state index contributed by atoms with van der Waals surface area (Å²) < 4.78 is 5.44. The quantitative estimate of drug-likeness (QED) is 0.718. The van der Waals surface area contributed by atoms with Gasteiger partial charge in [0.25, 0.3) is 5.91 Å². The van der Waals surface area contributed by atoms with Gasteiger partial charge in [-0.2, -0.15) is 0 Å². The van der Waals surface area contributed by atoms with Crippen molar-refractivity contribution < 1.29 is 14.3 Å². The molecule has 0 aromatic carbocycles. The number of carbonyl (C=O) groups is 1. The summed E-state index contributed by atoms with van der Waals surface area (Å²) in [7, 11) is 0. The van der Waals surface area contributed by atoms with Crippen molar-refractivity contribution in [1.82, 2.24) is 15.2 Å². The molecule has 4 aliphatic carbocycles. The molecule has 0 aliphatic heterocycles. The van der Waals surface area contributed by atoms with Gasteiger partial charge in [-0.05, 0) is 55.9 Å². The summed E-state index contributed by atoms with van der Waals surface area (Å²) in [5.74, 6) is 1.97. The maximum atomic E-state index is 12.0. The first-order valence-electron chi connectivity index (χ1n) is 9.95. The number of rotatable bonds is 5. The van der Waals surface area contributed by atoms with E-state index < -0.39 is 11.5 Å². The van der Waals surface area contributed by atoms with Gasteiger partial charge in [0.05, 0.1) is 29.0 Å². The number of primary amides is 1. The number of pyridine rings is 1. The Balaban J connectivity index is 1.42. The fourth-order valence-corrected chi connectivity index (χ4v) is 5.87. The molecular formula is C20H25N5O3. The van der Waals surface area contributed by atoms with Crippen molar-refractivity contribution in [3.05, 3.63) is 35.3 Å². The SMILES string of the molecule is Cc1nnc(Cc2cc(NC3[C@@H]4CC5C[C@H]3CC(O)(C5)C4)c(C(N)=O)cn2)o1. The zero-order chi connectivity index (χ0) is 19.5. The molecule has 8 nitrogen and oxygen atoms in total. The fourth-order valence-electron chi connectivity index (χ4n) is 5.87. The Morgan fingerprint density at radius 2 is 2.07 bits per heavy atom. The van der Waals surface area contributed by atoms with Crippen LogP contribution >= 0.6 is 0 Å². The lowest BCUT2D eigenvalue weighted by Gasteiger charge is -2.58. The number of aryl methyl sites for hydroxylation is 1. The summed E-state index contributed by atoms with van der Waals surface area (Å²) in [5.41, 5.74) is 6.93. The number of aliphatic hydroxyl groups is 1.